The molecule has 0 saturated carbocycles. The molecule has 2 aromatic carbocycles. The minimum Gasteiger partial charge on any atom is -0.356 e. The van der Waals surface area contributed by atoms with Crippen LogP contribution >= 0.6 is 0 Å². The number of rotatable bonds is 9. The predicted octanol–water partition coefficient (Wildman–Crippen LogP) is 3.70. The van der Waals surface area contributed by atoms with Crippen molar-refractivity contribution in [2.75, 3.05) is 31.5 Å². The molecule has 0 radical (unpaired) electrons. The summed E-state index contributed by atoms with van der Waals surface area (Å²) in [5.74, 6) is -0.310. The highest BCUT2D eigenvalue weighted by Crippen LogP contribution is 2.24. The van der Waals surface area contributed by atoms with Crippen LogP contribution in [0.3, 0.4) is 0 Å². The molecule has 164 valence electrons. The maximum Gasteiger partial charge on any atom is 0.251 e. The summed E-state index contributed by atoms with van der Waals surface area (Å²) in [6.07, 6.45) is 0.115. The Morgan fingerprint density at radius 1 is 1.06 bits per heavy atom. The van der Waals surface area contributed by atoms with Crippen molar-refractivity contribution in [3.8, 4) is 0 Å². The molecule has 0 unspecified atom stereocenters. The van der Waals surface area contributed by atoms with Gasteiger partial charge in [-0.3, -0.25) is 9.59 Å². The number of carbonyl (C=O) groups is 2. The number of hydrogen-bond acceptors (Lipinski definition) is 5. The average molecular weight is 423 g/mol. The maximum atomic E-state index is 12.5. The van der Waals surface area contributed by atoms with Crippen molar-refractivity contribution in [1.29, 1.82) is 0 Å². The van der Waals surface area contributed by atoms with Gasteiger partial charge in [-0.25, -0.2) is 0 Å². The van der Waals surface area contributed by atoms with E-state index in [1.165, 1.54) is 0 Å². The smallest absolute Gasteiger partial charge is 0.251 e. The van der Waals surface area contributed by atoms with Crippen LogP contribution in [-0.4, -0.2) is 48.0 Å². The zero-order chi connectivity index (χ0) is 22.4. The highest BCUT2D eigenvalue weighted by atomic mass is 16.5. The van der Waals surface area contributed by atoms with Crippen molar-refractivity contribution in [2.24, 2.45) is 0 Å². The molecule has 7 nitrogen and oxygen atoms in total. The van der Waals surface area contributed by atoms with Gasteiger partial charge in [-0.1, -0.05) is 25.1 Å². The molecule has 0 saturated heterocycles. The van der Waals surface area contributed by atoms with Gasteiger partial charge >= 0.3 is 0 Å². The maximum absolute atomic E-state index is 12.5. The Kier molecular flexibility index (Phi) is 7.41. The normalized spacial score (nSPS) is 11.1. The third-order valence-corrected chi connectivity index (χ3v) is 5.34. The molecular weight excluding hydrogens is 392 g/mol. The molecule has 2 N–H and O–H groups in total. The first-order valence-electron chi connectivity index (χ1n) is 10.7. The van der Waals surface area contributed by atoms with Gasteiger partial charge in [-0.2, -0.15) is 0 Å². The van der Waals surface area contributed by atoms with E-state index in [0.717, 1.165) is 36.1 Å². The second-order valence-electron chi connectivity index (χ2n) is 7.67. The Morgan fingerprint density at radius 3 is 2.45 bits per heavy atom. The number of likely N-dealkylation sites (N-methyl/N-ethyl adjacent to an activating group) is 1. The average Bonchev–Trinajstić information content (AvgIpc) is 3.14. The fourth-order valence-corrected chi connectivity index (χ4v) is 3.60. The van der Waals surface area contributed by atoms with Crippen LogP contribution in [-0.2, 0) is 11.2 Å². The van der Waals surface area contributed by atoms with Gasteiger partial charge in [0.1, 0.15) is 5.69 Å². The van der Waals surface area contributed by atoms with E-state index in [-0.39, 0.29) is 18.2 Å². The van der Waals surface area contributed by atoms with Crippen LogP contribution in [0.25, 0.3) is 11.0 Å². The van der Waals surface area contributed by atoms with Gasteiger partial charge in [-0.15, -0.1) is 0 Å². The standard InChI is InChI=1S/C24H30N4O3/c1-5-28(6-2)12-11-25-24(30)18-7-9-19(10-8-18)26-22(29)15-21-20-14-16(3)13-17(4)23(20)31-27-21/h7-10,13-14H,5-6,11-12,15H2,1-4H3,(H,25,30)(H,26,29). The summed E-state index contributed by atoms with van der Waals surface area (Å²) < 4.78 is 5.41. The highest BCUT2D eigenvalue weighted by Gasteiger charge is 2.15. The lowest BCUT2D eigenvalue weighted by molar-refractivity contribution is -0.115. The van der Waals surface area contributed by atoms with Gasteiger partial charge in [0.05, 0.1) is 6.42 Å². The van der Waals surface area contributed by atoms with Gasteiger partial charge in [0, 0.05) is 29.7 Å². The number of nitrogens with one attached hydrogen (secondary N) is 2. The number of benzene rings is 2. The molecule has 0 atom stereocenters. The Balaban J connectivity index is 1.56. The van der Waals surface area contributed by atoms with Crippen LogP contribution in [0.15, 0.2) is 40.9 Å². The number of amides is 2. The lowest BCUT2D eigenvalue weighted by Gasteiger charge is -2.17. The van der Waals surface area contributed by atoms with Gasteiger partial charge in [0.15, 0.2) is 5.58 Å². The van der Waals surface area contributed by atoms with E-state index >= 15 is 0 Å². The van der Waals surface area contributed by atoms with Crippen molar-refractivity contribution in [2.45, 2.75) is 34.1 Å². The number of anilines is 1. The Morgan fingerprint density at radius 2 is 1.77 bits per heavy atom. The molecular formula is C24H30N4O3. The fraction of sp³-hybridized carbons (Fsp3) is 0.375. The monoisotopic (exact) mass is 422 g/mol. The zero-order valence-electron chi connectivity index (χ0n) is 18.6. The molecule has 0 aliphatic rings. The molecule has 0 spiro atoms. The van der Waals surface area contributed by atoms with E-state index in [2.05, 4.69) is 34.5 Å². The molecule has 7 heteroatoms. The van der Waals surface area contributed by atoms with E-state index in [1.54, 1.807) is 24.3 Å². The molecule has 0 fully saturated rings. The second kappa shape index (κ2) is 10.2. The van der Waals surface area contributed by atoms with E-state index < -0.39 is 0 Å². The first kappa shape index (κ1) is 22.5. The molecule has 0 aliphatic heterocycles. The number of aromatic nitrogens is 1. The summed E-state index contributed by atoms with van der Waals surface area (Å²) in [7, 11) is 0. The topological polar surface area (TPSA) is 87.5 Å². The van der Waals surface area contributed by atoms with Crippen molar-refractivity contribution in [3.63, 3.8) is 0 Å². The van der Waals surface area contributed by atoms with Crippen LogP contribution in [0.2, 0.25) is 0 Å². The number of hydrogen-bond donors (Lipinski definition) is 2. The quantitative estimate of drug-likeness (QED) is 0.549. The van der Waals surface area contributed by atoms with Crippen LogP contribution in [0.5, 0.6) is 0 Å². The first-order valence-corrected chi connectivity index (χ1v) is 10.7. The predicted molar refractivity (Wildman–Crippen MR) is 122 cm³/mol. The largest absolute Gasteiger partial charge is 0.356 e. The Bertz CT molecular complexity index is 1050. The van der Waals surface area contributed by atoms with Gasteiger partial charge in [0.25, 0.3) is 5.91 Å². The SMILES string of the molecule is CCN(CC)CCNC(=O)c1ccc(NC(=O)Cc2noc3c(C)cc(C)cc23)cc1. The lowest BCUT2D eigenvalue weighted by atomic mass is 10.1. The Hall–Kier alpha value is -3.19. The van der Waals surface area contributed by atoms with Crippen molar-refractivity contribution >= 4 is 28.5 Å². The molecule has 3 aromatic rings. The third-order valence-electron chi connectivity index (χ3n) is 5.34. The summed E-state index contributed by atoms with van der Waals surface area (Å²) >= 11 is 0. The van der Waals surface area contributed by atoms with E-state index in [4.69, 9.17) is 4.52 Å². The molecule has 2 amide bonds. The molecule has 3 rings (SSSR count). The molecule has 0 bridgehead atoms. The number of nitrogens with zero attached hydrogens (tertiary/aromatic N) is 2. The van der Waals surface area contributed by atoms with E-state index in [0.29, 0.717) is 29.1 Å². The molecule has 1 aromatic heterocycles. The molecule has 31 heavy (non-hydrogen) atoms. The van der Waals surface area contributed by atoms with Crippen LogP contribution in [0.1, 0.15) is 41.0 Å². The van der Waals surface area contributed by atoms with Crippen LogP contribution < -0.4 is 10.6 Å². The van der Waals surface area contributed by atoms with Gasteiger partial charge in [-0.05, 0) is 68.4 Å². The lowest BCUT2D eigenvalue weighted by Crippen LogP contribution is -2.34. The molecule has 1 heterocycles. The summed E-state index contributed by atoms with van der Waals surface area (Å²) in [4.78, 5) is 27.0. The Labute approximate surface area is 182 Å². The number of carbonyl (C=O) groups excluding carboxylic acids is 2. The van der Waals surface area contributed by atoms with E-state index in [1.807, 2.05) is 26.0 Å². The number of fused-ring (bicyclic) bond motifs is 1. The summed E-state index contributed by atoms with van der Waals surface area (Å²) in [6, 6.07) is 10.9. The number of aryl methyl sites for hydroxylation is 2. The van der Waals surface area contributed by atoms with Gasteiger partial charge < -0.3 is 20.1 Å². The summed E-state index contributed by atoms with van der Waals surface area (Å²) in [5.41, 5.74) is 4.62. The van der Waals surface area contributed by atoms with Crippen molar-refractivity contribution in [1.82, 2.24) is 15.4 Å². The minimum absolute atomic E-state index is 0.115. The van der Waals surface area contributed by atoms with Crippen molar-refractivity contribution in [3.05, 3.63) is 58.8 Å². The second-order valence-corrected chi connectivity index (χ2v) is 7.67. The minimum atomic E-state index is -0.189. The van der Waals surface area contributed by atoms with E-state index in [9.17, 15) is 9.59 Å². The highest BCUT2D eigenvalue weighted by molar-refractivity contribution is 5.97. The fourth-order valence-electron chi connectivity index (χ4n) is 3.60. The molecule has 0 aliphatic carbocycles. The third kappa shape index (κ3) is 5.70. The van der Waals surface area contributed by atoms with Crippen LogP contribution in [0.4, 0.5) is 5.69 Å². The summed E-state index contributed by atoms with van der Waals surface area (Å²) in [6.45, 7) is 11.5. The zero-order valence-corrected chi connectivity index (χ0v) is 18.6. The summed E-state index contributed by atoms with van der Waals surface area (Å²) in [5, 5.41) is 10.7. The van der Waals surface area contributed by atoms with Crippen LogP contribution in [0, 0.1) is 13.8 Å². The van der Waals surface area contributed by atoms with Gasteiger partial charge in [0.2, 0.25) is 5.91 Å². The first-order chi connectivity index (χ1) is 14.9. The van der Waals surface area contributed by atoms with Crippen molar-refractivity contribution < 1.29 is 14.1 Å².